The predicted molar refractivity (Wildman–Crippen MR) is 9.47 cm³/mol. The van der Waals surface area contributed by atoms with Crippen molar-refractivity contribution in [2.24, 2.45) is 0 Å². The minimum absolute atomic E-state index is 0. The van der Waals surface area contributed by atoms with Gasteiger partial charge in [-0.3, -0.25) is 0 Å². The number of rotatable bonds is 0. The number of hydrogen-bond acceptors (Lipinski definition) is 2. The number of hydrogen-bond donors (Lipinski definition) is 1. The van der Waals surface area contributed by atoms with Crippen LogP contribution in [0.15, 0.2) is 0 Å². The molecule has 0 fully saturated rings. The Morgan fingerprint density at radius 1 is 1.43 bits per heavy atom. The molecule has 0 bridgehead atoms. The molecule has 0 spiro atoms. The van der Waals surface area contributed by atoms with Crippen molar-refractivity contribution in [2.45, 2.75) is 0 Å². The van der Waals surface area contributed by atoms with E-state index >= 15 is 0 Å². The van der Waals surface area contributed by atoms with Gasteiger partial charge in [0.1, 0.15) is 0 Å². The summed E-state index contributed by atoms with van der Waals surface area (Å²) in [6, 6.07) is 0. The Morgan fingerprint density at radius 3 is 1.43 bits per heavy atom. The van der Waals surface area contributed by atoms with Gasteiger partial charge in [0, 0.05) is 0 Å². The summed E-state index contributed by atoms with van der Waals surface area (Å²) in [4.78, 5) is 8.36. The molecule has 0 radical (unpaired) electrons. The van der Waals surface area contributed by atoms with Gasteiger partial charge in [-0.25, -0.2) is 0 Å². The molecule has 0 unspecified atom stereocenters. The fraction of sp³-hybridized carbons (Fsp3) is 0. The Morgan fingerprint density at radius 2 is 1.43 bits per heavy atom. The first-order valence-electron chi connectivity index (χ1n) is 0.565. The molecule has 0 saturated heterocycles. The molecule has 0 atom stereocenters. The van der Waals surface area contributed by atoms with Crippen LogP contribution in [0, 0.1) is 10.1 Å². The van der Waals surface area contributed by atoms with Gasteiger partial charge in [0.05, 0.1) is 0 Å². The van der Waals surface area contributed by atoms with Crippen LogP contribution in [0.4, 0.5) is 0 Å². The van der Waals surface area contributed by atoms with Crippen LogP contribution in [-0.4, -0.2) is 10.3 Å². The molecule has 5 nitrogen and oxygen atoms in total. The van der Waals surface area contributed by atoms with Crippen molar-refractivity contribution in [3.63, 3.8) is 0 Å². The average molecular weight is 92.9 g/mol. The van der Waals surface area contributed by atoms with E-state index in [0.29, 0.717) is 0 Å². The van der Waals surface area contributed by atoms with Gasteiger partial charge in [0.25, 0.3) is 5.09 Å². The van der Waals surface area contributed by atoms with Crippen molar-refractivity contribution in [3.8, 4) is 0 Å². The maximum Gasteiger partial charge on any atom is 1.00 e. The third-order valence-electron chi connectivity index (χ3n) is 0. The van der Waals surface area contributed by atoms with Crippen molar-refractivity contribution in [3.05, 3.63) is 10.1 Å². The summed E-state index contributed by atoms with van der Waals surface area (Å²) in [6.45, 7) is 0. The van der Waals surface area contributed by atoms with Gasteiger partial charge in [-0.2, -0.15) is 0 Å². The topological polar surface area (TPSA) is 91.9 Å². The minimum Gasteiger partial charge on any atom is -2.00 e. The molecule has 0 aromatic heterocycles. The third-order valence-corrected chi connectivity index (χ3v) is 0. The van der Waals surface area contributed by atoms with Crippen molar-refractivity contribution < 1.29 is 53.5 Å². The Bertz CT molecular complexity index is 32.7. The molecule has 32 valence electrons. The summed E-state index contributed by atoms with van der Waals surface area (Å²) < 4.78 is 0. The monoisotopic (exact) mass is 93.0 g/mol. The Balaban J connectivity index is -0.0000000150. The molecule has 0 rings (SSSR count). The molecule has 0 aromatic rings. The summed E-state index contributed by atoms with van der Waals surface area (Å²) in [5.74, 6) is 0. The Hall–Kier alpha value is 0.355. The van der Waals surface area contributed by atoms with Gasteiger partial charge in [0.2, 0.25) is 0 Å². The van der Waals surface area contributed by atoms with E-state index in [4.69, 9.17) is 15.3 Å². The quantitative estimate of drug-likeness (QED) is 0.183. The van der Waals surface area contributed by atoms with Crippen molar-refractivity contribution in [2.75, 3.05) is 0 Å². The third kappa shape index (κ3) is 957. The molecule has 0 aliphatic carbocycles. The SMILES string of the molecule is O=[N+]([O-])O.[Li+].[Li+].[O-2]. The van der Waals surface area contributed by atoms with Crippen LogP contribution < -0.4 is 37.7 Å². The van der Waals surface area contributed by atoms with Gasteiger partial charge in [-0.1, -0.05) is 0 Å². The van der Waals surface area contributed by atoms with Gasteiger partial charge in [0.15, 0.2) is 0 Å². The van der Waals surface area contributed by atoms with Gasteiger partial charge in [-0.05, 0) is 0 Å². The molecule has 0 aliphatic heterocycles. The Kier molecular flexibility index (Phi) is 61.0. The zero-order valence-corrected chi connectivity index (χ0v) is 4.12. The fourth-order valence-electron chi connectivity index (χ4n) is 0. The predicted octanol–water partition coefficient (Wildman–Crippen LogP) is -6.46. The molecule has 0 aliphatic rings. The first kappa shape index (κ1) is 26.4. The second-order valence-corrected chi connectivity index (χ2v) is 0.238. The zero-order chi connectivity index (χ0) is 3.58. The van der Waals surface area contributed by atoms with Crippen LogP contribution in [0.1, 0.15) is 0 Å². The molecule has 7 heteroatoms. The maximum absolute atomic E-state index is 8.36. The fourth-order valence-corrected chi connectivity index (χ4v) is 0. The molecule has 7 heavy (non-hydrogen) atoms. The van der Waals surface area contributed by atoms with Crippen molar-refractivity contribution >= 4 is 0 Å². The normalized spacial score (nSPS) is 3.43. The Labute approximate surface area is 63.9 Å². The molecule has 0 saturated carbocycles. The van der Waals surface area contributed by atoms with Crippen LogP contribution in [0.25, 0.3) is 0 Å². The zero-order valence-electron chi connectivity index (χ0n) is 4.12. The average Bonchev–Trinajstić information content (AvgIpc) is 0.811. The van der Waals surface area contributed by atoms with Crippen LogP contribution in [0.5, 0.6) is 0 Å². The van der Waals surface area contributed by atoms with Gasteiger partial charge in [-0.15, -0.1) is 10.1 Å². The summed E-state index contributed by atoms with van der Waals surface area (Å²) in [5.41, 5.74) is 0. The molecule has 1 N–H and O–H groups in total. The smallest absolute Gasteiger partial charge is 1.00 e. The van der Waals surface area contributed by atoms with Crippen LogP contribution in [0.3, 0.4) is 0 Å². The van der Waals surface area contributed by atoms with Crippen molar-refractivity contribution in [1.29, 1.82) is 0 Å². The first-order valence-corrected chi connectivity index (χ1v) is 0.565. The second-order valence-electron chi connectivity index (χ2n) is 0.238. The summed E-state index contributed by atoms with van der Waals surface area (Å²) >= 11 is 0. The molecular formula is HLi2NO4. The first-order chi connectivity index (χ1) is 1.73. The van der Waals surface area contributed by atoms with Crippen LogP contribution >= 0.6 is 0 Å². The molecule has 0 heterocycles. The summed E-state index contributed by atoms with van der Waals surface area (Å²) in [7, 11) is 0. The van der Waals surface area contributed by atoms with Crippen LogP contribution in [0.2, 0.25) is 0 Å². The van der Waals surface area contributed by atoms with E-state index in [-0.39, 0.29) is 43.2 Å². The van der Waals surface area contributed by atoms with E-state index in [1.54, 1.807) is 0 Å². The minimum atomic E-state index is -1.50. The van der Waals surface area contributed by atoms with Gasteiger partial charge >= 0.3 is 37.7 Å². The van der Waals surface area contributed by atoms with Gasteiger partial charge < -0.3 is 10.7 Å². The van der Waals surface area contributed by atoms with Crippen molar-refractivity contribution in [1.82, 2.24) is 0 Å². The van der Waals surface area contributed by atoms with E-state index in [1.807, 2.05) is 0 Å². The van der Waals surface area contributed by atoms with E-state index in [2.05, 4.69) is 0 Å². The maximum atomic E-state index is 8.36. The van der Waals surface area contributed by atoms with E-state index in [1.165, 1.54) is 0 Å². The van der Waals surface area contributed by atoms with E-state index in [0.717, 1.165) is 0 Å². The standard InChI is InChI=1S/2Li.HNO3.O/c;;2-1(3)4;/h;;(H,2,3,4);/q2*+1;;-2. The summed E-state index contributed by atoms with van der Waals surface area (Å²) in [6.07, 6.45) is 0. The van der Waals surface area contributed by atoms with E-state index in [9.17, 15) is 0 Å². The van der Waals surface area contributed by atoms with Crippen LogP contribution in [-0.2, 0) is 5.48 Å². The second kappa shape index (κ2) is 16.2. The number of nitrogens with zero attached hydrogens (tertiary/aromatic N) is 1. The van der Waals surface area contributed by atoms with E-state index < -0.39 is 5.09 Å². The largest absolute Gasteiger partial charge is 2.00 e. The molecule has 0 aromatic carbocycles. The summed E-state index contributed by atoms with van der Waals surface area (Å²) in [5, 5.41) is 13.6. The molecule has 0 amide bonds. The molecular weight excluding hydrogens is 91.9 g/mol.